The van der Waals surface area contributed by atoms with Crippen molar-refractivity contribution in [3.63, 3.8) is 0 Å². The van der Waals surface area contributed by atoms with Crippen LogP contribution in [-0.2, 0) is 4.79 Å². The third-order valence-corrected chi connectivity index (χ3v) is 3.66. The third kappa shape index (κ3) is 4.36. The highest BCUT2D eigenvalue weighted by atomic mass is 35.5. The molecule has 0 aromatic heterocycles. The van der Waals surface area contributed by atoms with Gasteiger partial charge in [0.05, 0.1) is 11.0 Å². The van der Waals surface area contributed by atoms with Crippen LogP contribution in [0.25, 0.3) is 0 Å². The molecule has 0 heterocycles. The number of aryl methyl sites for hydroxylation is 1. The Bertz CT molecular complexity index is 525. The fourth-order valence-corrected chi connectivity index (χ4v) is 2.26. The van der Waals surface area contributed by atoms with E-state index in [1.807, 2.05) is 6.26 Å². The van der Waals surface area contributed by atoms with E-state index < -0.39 is 11.0 Å². The second-order valence-corrected chi connectivity index (χ2v) is 5.65. The summed E-state index contributed by atoms with van der Waals surface area (Å²) >= 11 is 7.42. The Balaban J connectivity index is 2.85. The van der Waals surface area contributed by atoms with Crippen LogP contribution in [0.5, 0.6) is 0 Å². The molecule has 0 aliphatic carbocycles. The van der Waals surface area contributed by atoms with Crippen LogP contribution in [0.2, 0.25) is 5.02 Å². The number of amides is 1. The molecular weight excluding hydrogens is 302 g/mol. The number of carbonyl (C=O) groups excluding carboxylic acids is 1. The number of nitro groups is 1. The average molecular weight is 318 g/mol. The first-order valence-electron chi connectivity index (χ1n) is 5.86. The first-order valence-corrected chi connectivity index (χ1v) is 7.64. The van der Waals surface area contributed by atoms with E-state index in [0.717, 1.165) is 5.75 Å². The summed E-state index contributed by atoms with van der Waals surface area (Å²) in [5.74, 6) is 0.460. The van der Waals surface area contributed by atoms with E-state index in [9.17, 15) is 14.9 Å². The number of anilines is 1. The topological polar surface area (TPSA) is 98.3 Å². The lowest BCUT2D eigenvalue weighted by atomic mass is 10.1. The molecule has 0 radical (unpaired) electrons. The van der Waals surface area contributed by atoms with E-state index in [0.29, 0.717) is 17.7 Å². The van der Waals surface area contributed by atoms with Crippen molar-refractivity contribution in [3.8, 4) is 0 Å². The van der Waals surface area contributed by atoms with Gasteiger partial charge >= 0.3 is 0 Å². The number of carbonyl (C=O) groups is 1. The van der Waals surface area contributed by atoms with Crippen molar-refractivity contribution in [2.24, 2.45) is 5.73 Å². The highest BCUT2D eigenvalue weighted by molar-refractivity contribution is 7.98. The summed E-state index contributed by atoms with van der Waals surface area (Å²) in [5, 5.41) is 13.4. The van der Waals surface area contributed by atoms with E-state index >= 15 is 0 Å². The van der Waals surface area contributed by atoms with Gasteiger partial charge in [0, 0.05) is 11.8 Å². The van der Waals surface area contributed by atoms with Crippen LogP contribution >= 0.6 is 23.4 Å². The Labute approximate surface area is 126 Å². The zero-order valence-corrected chi connectivity index (χ0v) is 12.8. The highest BCUT2D eigenvalue weighted by Crippen LogP contribution is 2.30. The minimum absolute atomic E-state index is 0.0198. The fraction of sp³-hybridized carbons (Fsp3) is 0.417. The molecule has 0 fully saturated rings. The molecule has 1 atom stereocenters. The molecule has 0 spiro atoms. The summed E-state index contributed by atoms with van der Waals surface area (Å²) in [6, 6.07) is 2.08. The lowest BCUT2D eigenvalue weighted by molar-refractivity contribution is -0.384. The number of nitro benzene ring substituents is 1. The minimum Gasteiger partial charge on any atom is -0.324 e. The predicted molar refractivity (Wildman–Crippen MR) is 82.4 cm³/mol. The number of hydrogen-bond donors (Lipinski definition) is 2. The molecule has 0 unspecified atom stereocenters. The zero-order valence-electron chi connectivity index (χ0n) is 11.2. The Hall–Kier alpha value is -1.31. The molecule has 1 rings (SSSR count). The molecule has 110 valence electrons. The normalized spacial score (nSPS) is 12.0. The monoisotopic (exact) mass is 317 g/mol. The van der Waals surface area contributed by atoms with E-state index in [-0.39, 0.29) is 16.6 Å². The molecule has 8 heteroatoms. The Kier molecular flexibility index (Phi) is 6.25. The number of benzene rings is 1. The molecule has 0 aliphatic rings. The molecular formula is C12H16ClN3O3S. The van der Waals surface area contributed by atoms with Crippen molar-refractivity contribution in [3.05, 3.63) is 32.8 Å². The van der Waals surface area contributed by atoms with Gasteiger partial charge in [-0.3, -0.25) is 14.9 Å². The summed E-state index contributed by atoms with van der Waals surface area (Å²) in [4.78, 5) is 22.1. The van der Waals surface area contributed by atoms with Gasteiger partial charge in [-0.05, 0) is 37.0 Å². The van der Waals surface area contributed by atoms with Crippen LogP contribution in [-0.4, -0.2) is 28.9 Å². The van der Waals surface area contributed by atoms with E-state index in [1.54, 1.807) is 18.7 Å². The maximum Gasteiger partial charge on any atom is 0.288 e. The molecule has 6 nitrogen and oxygen atoms in total. The van der Waals surface area contributed by atoms with E-state index in [4.69, 9.17) is 17.3 Å². The van der Waals surface area contributed by atoms with Crippen LogP contribution in [0.15, 0.2) is 12.1 Å². The molecule has 0 aliphatic heterocycles. The van der Waals surface area contributed by atoms with Gasteiger partial charge in [-0.25, -0.2) is 0 Å². The van der Waals surface area contributed by atoms with Gasteiger partial charge < -0.3 is 11.1 Å². The highest BCUT2D eigenvalue weighted by Gasteiger charge is 2.18. The molecule has 1 aromatic carbocycles. The second kappa shape index (κ2) is 7.47. The standard InChI is InChI=1S/C12H16ClN3O3S/c1-7-5-11(16(18)19)8(13)6-10(7)15-12(17)9(14)3-4-20-2/h5-6,9H,3-4,14H2,1-2H3,(H,15,17)/t9-/m1/s1. The third-order valence-electron chi connectivity index (χ3n) is 2.72. The zero-order chi connectivity index (χ0) is 15.3. The number of rotatable bonds is 6. The molecule has 1 aromatic rings. The summed E-state index contributed by atoms with van der Waals surface area (Å²) in [6.07, 6.45) is 2.50. The molecule has 0 saturated carbocycles. The first kappa shape index (κ1) is 16.7. The van der Waals surface area contributed by atoms with Gasteiger partial charge in [-0.1, -0.05) is 11.6 Å². The Morgan fingerprint density at radius 3 is 2.80 bits per heavy atom. The van der Waals surface area contributed by atoms with Crippen molar-refractivity contribution in [1.82, 2.24) is 0 Å². The lowest BCUT2D eigenvalue weighted by Gasteiger charge is -2.13. The Morgan fingerprint density at radius 1 is 1.60 bits per heavy atom. The van der Waals surface area contributed by atoms with Crippen molar-refractivity contribution in [1.29, 1.82) is 0 Å². The van der Waals surface area contributed by atoms with Gasteiger partial charge in [0.2, 0.25) is 5.91 Å². The number of hydrogen-bond acceptors (Lipinski definition) is 5. The van der Waals surface area contributed by atoms with Crippen molar-refractivity contribution in [2.75, 3.05) is 17.3 Å². The lowest BCUT2D eigenvalue weighted by Crippen LogP contribution is -2.36. The maximum atomic E-state index is 11.9. The van der Waals surface area contributed by atoms with E-state index in [2.05, 4.69) is 5.32 Å². The van der Waals surface area contributed by atoms with Crippen LogP contribution in [0.1, 0.15) is 12.0 Å². The molecule has 0 saturated heterocycles. The number of thioether (sulfide) groups is 1. The van der Waals surface area contributed by atoms with Crippen LogP contribution in [0, 0.1) is 17.0 Å². The minimum atomic E-state index is -0.615. The summed E-state index contributed by atoms with van der Waals surface area (Å²) in [7, 11) is 0. The predicted octanol–water partition coefficient (Wildman–Crippen LogP) is 2.58. The molecule has 1 amide bonds. The smallest absolute Gasteiger partial charge is 0.288 e. The number of nitrogens with two attached hydrogens (primary N) is 1. The van der Waals surface area contributed by atoms with Gasteiger partial charge in [-0.15, -0.1) is 0 Å². The Morgan fingerprint density at radius 2 is 2.25 bits per heavy atom. The van der Waals surface area contributed by atoms with E-state index in [1.165, 1.54) is 12.1 Å². The summed E-state index contributed by atoms with van der Waals surface area (Å²) < 4.78 is 0. The van der Waals surface area contributed by atoms with Crippen molar-refractivity contribution >= 4 is 40.6 Å². The molecule has 20 heavy (non-hydrogen) atoms. The SMILES string of the molecule is CSCC[C@@H](N)C(=O)Nc1cc(Cl)c([N+](=O)[O-])cc1C. The molecule has 3 N–H and O–H groups in total. The number of nitrogens with zero attached hydrogens (tertiary/aromatic N) is 1. The van der Waals surface area contributed by atoms with Crippen LogP contribution < -0.4 is 11.1 Å². The van der Waals surface area contributed by atoms with Crippen molar-refractivity contribution in [2.45, 2.75) is 19.4 Å². The maximum absolute atomic E-state index is 11.9. The van der Waals surface area contributed by atoms with Crippen LogP contribution in [0.3, 0.4) is 0 Å². The molecule has 0 bridgehead atoms. The van der Waals surface area contributed by atoms with Gasteiger partial charge in [-0.2, -0.15) is 11.8 Å². The fourth-order valence-electron chi connectivity index (χ4n) is 1.54. The number of halogens is 1. The first-order chi connectivity index (χ1) is 9.36. The van der Waals surface area contributed by atoms with Crippen LogP contribution in [0.4, 0.5) is 11.4 Å². The number of nitrogens with one attached hydrogen (secondary N) is 1. The largest absolute Gasteiger partial charge is 0.324 e. The second-order valence-electron chi connectivity index (χ2n) is 4.25. The average Bonchev–Trinajstić information content (AvgIpc) is 2.39. The summed E-state index contributed by atoms with van der Waals surface area (Å²) in [6.45, 7) is 1.66. The van der Waals surface area contributed by atoms with Gasteiger partial charge in [0.25, 0.3) is 5.69 Å². The van der Waals surface area contributed by atoms with Crippen molar-refractivity contribution < 1.29 is 9.72 Å². The quantitative estimate of drug-likeness (QED) is 0.620. The van der Waals surface area contributed by atoms with Gasteiger partial charge in [0.15, 0.2) is 0 Å². The summed E-state index contributed by atoms with van der Waals surface area (Å²) in [5.41, 5.74) is 6.56. The van der Waals surface area contributed by atoms with Gasteiger partial charge in [0.1, 0.15) is 5.02 Å².